The fraction of sp³-hybridized carbons (Fsp3) is 0.263. The van der Waals surface area contributed by atoms with E-state index in [4.69, 9.17) is 0 Å². The second-order valence-corrected chi connectivity index (χ2v) is 8.01. The Morgan fingerprint density at radius 3 is 2.41 bits per heavy atom. The van der Waals surface area contributed by atoms with Gasteiger partial charge in [-0.25, -0.2) is 13.2 Å². The summed E-state index contributed by atoms with van der Waals surface area (Å²) in [5.41, 5.74) is 2.94. The summed E-state index contributed by atoms with van der Waals surface area (Å²) in [4.78, 5) is 24.2. The highest BCUT2D eigenvalue weighted by atomic mass is 32.2. The quantitative estimate of drug-likeness (QED) is 0.765. The molecule has 8 heteroatoms. The number of nitrogens with zero attached hydrogens (tertiary/aromatic N) is 1. The molecule has 27 heavy (non-hydrogen) atoms. The summed E-state index contributed by atoms with van der Waals surface area (Å²) in [6, 6.07) is 11.4. The number of carbonyl (C=O) groups is 2. The fourth-order valence-electron chi connectivity index (χ4n) is 2.51. The summed E-state index contributed by atoms with van der Waals surface area (Å²) in [6.45, 7) is 3.38. The van der Waals surface area contributed by atoms with E-state index in [2.05, 4.69) is 10.1 Å². The van der Waals surface area contributed by atoms with Crippen LogP contribution in [-0.2, 0) is 19.6 Å². The third kappa shape index (κ3) is 5.07. The van der Waals surface area contributed by atoms with Crippen LogP contribution in [0.4, 0.5) is 11.4 Å². The van der Waals surface area contributed by atoms with Gasteiger partial charge >= 0.3 is 5.97 Å². The van der Waals surface area contributed by atoms with Crippen molar-refractivity contribution in [1.82, 2.24) is 0 Å². The molecule has 0 heterocycles. The molecule has 0 bridgehead atoms. The van der Waals surface area contributed by atoms with Crippen LogP contribution in [0.1, 0.15) is 21.5 Å². The Labute approximate surface area is 159 Å². The van der Waals surface area contributed by atoms with Gasteiger partial charge in [-0.2, -0.15) is 0 Å². The van der Waals surface area contributed by atoms with E-state index < -0.39 is 28.4 Å². The molecule has 2 aromatic carbocycles. The van der Waals surface area contributed by atoms with Crippen LogP contribution in [0.15, 0.2) is 42.5 Å². The largest absolute Gasteiger partial charge is 0.465 e. The molecule has 7 nitrogen and oxygen atoms in total. The molecule has 0 spiro atoms. The minimum atomic E-state index is -3.75. The highest BCUT2D eigenvalue weighted by Crippen LogP contribution is 2.21. The SMILES string of the molecule is COC(=O)c1cccc(N(CC(=O)Nc2cccc(C)c2C)S(C)(=O)=O)c1. The van der Waals surface area contributed by atoms with Crippen molar-refractivity contribution < 1.29 is 22.7 Å². The lowest BCUT2D eigenvalue weighted by Crippen LogP contribution is -2.37. The Balaban J connectivity index is 2.29. The number of hydrogen-bond acceptors (Lipinski definition) is 5. The minimum Gasteiger partial charge on any atom is -0.465 e. The van der Waals surface area contributed by atoms with E-state index in [1.807, 2.05) is 26.0 Å². The molecule has 2 rings (SSSR count). The van der Waals surface area contributed by atoms with Crippen LogP contribution in [-0.4, -0.2) is 40.2 Å². The molecule has 0 atom stereocenters. The van der Waals surface area contributed by atoms with Gasteiger partial charge in [-0.3, -0.25) is 9.10 Å². The number of benzene rings is 2. The van der Waals surface area contributed by atoms with E-state index in [-0.39, 0.29) is 11.3 Å². The van der Waals surface area contributed by atoms with Crippen molar-refractivity contribution in [2.45, 2.75) is 13.8 Å². The van der Waals surface area contributed by atoms with E-state index >= 15 is 0 Å². The molecule has 0 aliphatic carbocycles. The van der Waals surface area contributed by atoms with Gasteiger partial charge in [-0.05, 0) is 49.2 Å². The van der Waals surface area contributed by atoms with Gasteiger partial charge in [0.1, 0.15) is 6.54 Å². The van der Waals surface area contributed by atoms with Gasteiger partial charge in [0.2, 0.25) is 15.9 Å². The molecule has 0 unspecified atom stereocenters. The van der Waals surface area contributed by atoms with Gasteiger partial charge in [-0.1, -0.05) is 18.2 Å². The topological polar surface area (TPSA) is 92.8 Å². The smallest absolute Gasteiger partial charge is 0.337 e. The van der Waals surface area contributed by atoms with Gasteiger partial charge in [0.15, 0.2) is 0 Å². The van der Waals surface area contributed by atoms with Crippen molar-refractivity contribution in [2.75, 3.05) is 29.5 Å². The normalized spacial score (nSPS) is 11.0. The molecule has 0 aliphatic heterocycles. The zero-order chi connectivity index (χ0) is 20.2. The van der Waals surface area contributed by atoms with Crippen molar-refractivity contribution in [3.05, 3.63) is 59.2 Å². The monoisotopic (exact) mass is 390 g/mol. The Hall–Kier alpha value is -2.87. The molecule has 0 fully saturated rings. The lowest BCUT2D eigenvalue weighted by Gasteiger charge is -2.22. The van der Waals surface area contributed by atoms with Gasteiger partial charge in [0.05, 0.1) is 24.6 Å². The summed E-state index contributed by atoms with van der Waals surface area (Å²) < 4.78 is 30.0. The van der Waals surface area contributed by atoms with Crippen LogP contribution in [0.25, 0.3) is 0 Å². The van der Waals surface area contributed by atoms with Crippen molar-refractivity contribution in [2.24, 2.45) is 0 Å². The number of nitrogens with one attached hydrogen (secondary N) is 1. The van der Waals surface area contributed by atoms with Crippen LogP contribution in [0, 0.1) is 13.8 Å². The predicted molar refractivity (Wildman–Crippen MR) is 105 cm³/mol. The first kappa shape index (κ1) is 20.4. The first-order chi connectivity index (χ1) is 12.6. The van der Waals surface area contributed by atoms with E-state index in [0.29, 0.717) is 5.69 Å². The molecule has 0 aliphatic rings. The summed E-state index contributed by atoms with van der Waals surface area (Å²) in [7, 11) is -2.52. The van der Waals surface area contributed by atoms with Gasteiger partial charge in [0.25, 0.3) is 0 Å². The Kier molecular flexibility index (Phi) is 6.22. The highest BCUT2D eigenvalue weighted by molar-refractivity contribution is 7.92. The number of esters is 1. The lowest BCUT2D eigenvalue weighted by atomic mass is 10.1. The van der Waals surface area contributed by atoms with Crippen molar-refractivity contribution >= 4 is 33.3 Å². The standard InChI is InChI=1S/C19H22N2O5S/c1-13-7-5-10-17(14(13)2)20-18(22)12-21(27(4,24)25)16-9-6-8-15(11-16)19(23)26-3/h5-11H,12H2,1-4H3,(H,20,22). The Bertz CT molecular complexity index is 970. The molecule has 0 aromatic heterocycles. The van der Waals surface area contributed by atoms with Crippen molar-refractivity contribution in [3.63, 3.8) is 0 Å². The van der Waals surface area contributed by atoms with E-state index in [1.54, 1.807) is 6.07 Å². The van der Waals surface area contributed by atoms with Crippen molar-refractivity contribution in [3.8, 4) is 0 Å². The third-order valence-corrected chi connectivity index (χ3v) is 5.26. The predicted octanol–water partition coefficient (Wildman–Crippen LogP) is 2.49. The van der Waals surface area contributed by atoms with Crippen LogP contribution < -0.4 is 9.62 Å². The number of aryl methyl sites for hydroxylation is 1. The number of anilines is 2. The van der Waals surface area contributed by atoms with Gasteiger partial charge < -0.3 is 10.1 Å². The van der Waals surface area contributed by atoms with E-state index in [1.165, 1.54) is 31.4 Å². The number of methoxy groups -OCH3 is 1. The number of ether oxygens (including phenoxy) is 1. The van der Waals surface area contributed by atoms with Crippen LogP contribution >= 0.6 is 0 Å². The number of hydrogen-bond donors (Lipinski definition) is 1. The van der Waals surface area contributed by atoms with Gasteiger partial charge in [0, 0.05) is 5.69 Å². The molecule has 1 N–H and O–H groups in total. The van der Waals surface area contributed by atoms with Crippen LogP contribution in [0.2, 0.25) is 0 Å². The first-order valence-electron chi connectivity index (χ1n) is 8.15. The van der Waals surface area contributed by atoms with Crippen LogP contribution in [0.3, 0.4) is 0 Å². The summed E-state index contributed by atoms with van der Waals surface area (Å²) in [5.74, 6) is -1.08. The highest BCUT2D eigenvalue weighted by Gasteiger charge is 2.22. The molecule has 2 aromatic rings. The maximum absolute atomic E-state index is 12.5. The van der Waals surface area contributed by atoms with Gasteiger partial charge in [-0.15, -0.1) is 0 Å². The Morgan fingerprint density at radius 2 is 1.78 bits per heavy atom. The lowest BCUT2D eigenvalue weighted by molar-refractivity contribution is -0.114. The molecule has 0 saturated carbocycles. The Morgan fingerprint density at radius 1 is 1.11 bits per heavy atom. The zero-order valence-corrected chi connectivity index (χ0v) is 16.5. The van der Waals surface area contributed by atoms with E-state index in [0.717, 1.165) is 21.7 Å². The molecule has 0 radical (unpaired) electrons. The number of rotatable bonds is 6. The number of sulfonamides is 1. The molecule has 0 saturated heterocycles. The summed E-state index contributed by atoms with van der Waals surface area (Å²) in [6.07, 6.45) is 1.00. The average molecular weight is 390 g/mol. The third-order valence-electron chi connectivity index (χ3n) is 4.12. The first-order valence-corrected chi connectivity index (χ1v) is 10.0. The average Bonchev–Trinajstić information content (AvgIpc) is 2.62. The van der Waals surface area contributed by atoms with E-state index in [9.17, 15) is 18.0 Å². The number of carbonyl (C=O) groups excluding carboxylic acids is 2. The number of amides is 1. The second kappa shape index (κ2) is 8.22. The molecule has 144 valence electrons. The maximum Gasteiger partial charge on any atom is 0.337 e. The van der Waals surface area contributed by atoms with Crippen LogP contribution in [0.5, 0.6) is 0 Å². The molecular formula is C19H22N2O5S. The molecular weight excluding hydrogens is 368 g/mol. The van der Waals surface area contributed by atoms with Crippen molar-refractivity contribution in [1.29, 1.82) is 0 Å². The summed E-state index contributed by atoms with van der Waals surface area (Å²) >= 11 is 0. The zero-order valence-electron chi connectivity index (χ0n) is 15.6. The molecule has 1 amide bonds. The summed E-state index contributed by atoms with van der Waals surface area (Å²) in [5, 5.41) is 2.74. The minimum absolute atomic E-state index is 0.193. The maximum atomic E-state index is 12.5. The second-order valence-electron chi connectivity index (χ2n) is 6.11. The fourth-order valence-corrected chi connectivity index (χ4v) is 3.36.